The Bertz CT molecular complexity index is 838. The Morgan fingerprint density at radius 3 is 2.19 bits per heavy atom. The summed E-state index contributed by atoms with van der Waals surface area (Å²) in [5, 5.41) is 2.74. The molecule has 1 aromatic heterocycles. The number of pyridine rings is 1. The fraction of sp³-hybridized carbons (Fsp3) is 0.182. The van der Waals surface area contributed by atoms with Gasteiger partial charge in [0.2, 0.25) is 5.88 Å². The van der Waals surface area contributed by atoms with Crippen molar-refractivity contribution in [3.05, 3.63) is 95.7 Å². The molecule has 3 rings (SSSR count). The predicted octanol–water partition coefficient (Wildman–Crippen LogP) is 4.13. The van der Waals surface area contributed by atoms with E-state index in [1.54, 1.807) is 0 Å². The lowest BCUT2D eigenvalue weighted by atomic mass is 10.2. The number of alkyl carbamates (subject to hydrolysis) is 1. The van der Waals surface area contributed by atoms with E-state index in [1.807, 2.05) is 78.9 Å². The molecule has 0 saturated carbocycles. The normalized spacial score (nSPS) is 10.2. The zero-order valence-corrected chi connectivity index (χ0v) is 15.0. The van der Waals surface area contributed by atoms with Crippen LogP contribution in [0.3, 0.4) is 0 Å². The molecular formula is C22H22N2O3. The van der Waals surface area contributed by atoms with Gasteiger partial charge in [0, 0.05) is 24.7 Å². The third kappa shape index (κ3) is 6.47. The van der Waals surface area contributed by atoms with Crippen molar-refractivity contribution in [1.82, 2.24) is 10.3 Å². The first-order valence-electron chi connectivity index (χ1n) is 8.87. The van der Waals surface area contributed by atoms with Gasteiger partial charge in [0.25, 0.3) is 0 Å². The molecule has 1 amide bonds. The van der Waals surface area contributed by atoms with Gasteiger partial charge in [-0.25, -0.2) is 9.78 Å². The molecule has 5 heteroatoms. The fourth-order valence-corrected chi connectivity index (χ4v) is 2.48. The molecule has 0 fully saturated rings. The zero-order valence-electron chi connectivity index (χ0n) is 15.0. The lowest BCUT2D eigenvalue weighted by Crippen LogP contribution is -2.26. The van der Waals surface area contributed by atoms with Gasteiger partial charge >= 0.3 is 6.09 Å². The summed E-state index contributed by atoms with van der Waals surface area (Å²) in [4.78, 5) is 16.2. The summed E-state index contributed by atoms with van der Waals surface area (Å²) in [5.74, 6) is 0.572. The molecule has 3 aromatic rings. The van der Waals surface area contributed by atoms with Gasteiger partial charge in [-0.1, -0.05) is 66.7 Å². The summed E-state index contributed by atoms with van der Waals surface area (Å²) in [5.41, 5.74) is 2.90. The molecule has 1 N–H and O–H groups in total. The molecular weight excluding hydrogens is 340 g/mol. The summed E-state index contributed by atoms with van der Waals surface area (Å²) in [6.07, 6.45) is 0.165. The molecule has 0 spiro atoms. The summed E-state index contributed by atoms with van der Waals surface area (Å²) in [6, 6.07) is 25.2. The lowest BCUT2D eigenvalue weighted by molar-refractivity contribution is 0.140. The first-order chi connectivity index (χ1) is 13.3. The van der Waals surface area contributed by atoms with Crippen LogP contribution in [0.1, 0.15) is 16.8 Å². The fourth-order valence-electron chi connectivity index (χ4n) is 2.48. The molecule has 5 nitrogen and oxygen atoms in total. The Hall–Kier alpha value is -3.34. The van der Waals surface area contributed by atoms with Crippen molar-refractivity contribution >= 4 is 6.09 Å². The largest absolute Gasteiger partial charge is 0.473 e. The number of amides is 1. The van der Waals surface area contributed by atoms with Crippen LogP contribution in [0, 0.1) is 0 Å². The second-order valence-corrected chi connectivity index (χ2v) is 5.98. The van der Waals surface area contributed by atoms with Crippen LogP contribution in [-0.4, -0.2) is 17.6 Å². The number of ether oxygens (including phenoxy) is 2. The van der Waals surface area contributed by atoms with E-state index in [4.69, 9.17) is 9.47 Å². The van der Waals surface area contributed by atoms with Crippen molar-refractivity contribution in [2.75, 3.05) is 6.54 Å². The van der Waals surface area contributed by atoms with E-state index in [2.05, 4.69) is 10.3 Å². The van der Waals surface area contributed by atoms with Crippen LogP contribution in [0.4, 0.5) is 4.79 Å². The quantitative estimate of drug-likeness (QED) is 0.654. The van der Waals surface area contributed by atoms with E-state index in [0.717, 1.165) is 16.8 Å². The second kappa shape index (κ2) is 9.97. The van der Waals surface area contributed by atoms with Gasteiger partial charge in [0.05, 0.1) is 0 Å². The third-order valence-corrected chi connectivity index (χ3v) is 3.87. The minimum Gasteiger partial charge on any atom is -0.473 e. The molecule has 0 aliphatic carbocycles. The first kappa shape index (κ1) is 18.5. The topological polar surface area (TPSA) is 60.5 Å². The van der Waals surface area contributed by atoms with E-state index in [0.29, 0.717) is 25.5 Å². The smallest absolute Gasteiger partial charge is 0.407 e. The molecule has 0 unspecified atom stereocenters. The molecule has 1 heterocycles. The summed E-state index contributed by atoms with van der Waals surface area (Å²) >= 11 is 0. The van der Waals surface area contributed by atoms with Gasteiger partial charge in [0.15, 0.2) is 0 Å². The molecule has 2 aromatic carbocycles. The zero-order chi connectivity index (χ0) is 18.7. The Balaban J connectivity index is 1.39. The molecule has 0 radical (unpaired) electrons. The van der Waals surface area contributed by atoms with Crippen LogP contribution in [0.5, 0.6) is 5.88 Å². The predicted molar refractivity (Wildman–Crippen MR) is 103 cm³/mol. The number of benzene rings is 2. The van der Waals surface area contributed by atoms with Crippen LogP contribution >= 0.6 is 0 Å². The third-order valence-electron chi connectivity index (χ3n) is 3.87. The average Bonchev–Trinajstić information content (AvgIpc) is 2.73. The molecule has 0 saturated heterocycles. The summed E-state index contributed by atoms with van der Waals surface area (Å²) < 4.78 is 10.9. The van der Waals surface area contributed by atoms with Crippen LogP contribution in [0.2, 0.25) is 0 Å². The van der Waals surface area contributed by atoms with E-state index >= 15 is 0 Å². The SMILES string of the molecule is O=C(NCCc1cccc(OCc2ccccc2)n1)OCc1ccccc1. The number of nitrogens with zero attached hydrogens (tertiary/aromatic N) is 1. The van der Waals surface area contributed by atoms with Gasteiger partial charge in [0.1, 0.15) is 13.2 Å². The number of carbonyl (C=O) groups excluding carboxylic acids is 1. The Labute approximate surface area is 159 Å². The van der Waals surface area contributed by atoms with Gasteiger partial charge in [-0.3, -0.25) is 0 Å². The maximum atomic E-state index is 11.8. The molecule has 0 aliphatic heterocycles. The highest BCUT2D eigenvalue weighted by Gasteiger charge is 2.04. The molecule has 138 valence electrons. The summed E-state index contributed by atoms with van der Waals surface area (Å²) in [7, 11) is 0. The van der Waals surface area contributed by atoms with Gasteiger partial charge in [-0.2, -0.15) is 0 Å². The Kier molecular flexibility index (Phi) is 6.81. The van der Waals surface area contributed by atoms with Crippen molar-refractivity contribution < 1.29 is 14.3 Å². The van der Waals surface area contributed by atoms with E-state index in [9.17, 15) is 4.79 Å². The van der Waals surface area contributed by atoms with Crippen molar-refractivity contribution in [2.45, 2.75) is 19.6 Å². The highest BCUT2D eigenvalue weighted by molar-refractivity contribution is 5.67. The number of hydrogen-bond donors (Lipinski definition) is 1. The molecule has 0 aliphatic rings. The van der Waals surface area contributed by atoms with Gasteiger partial charge in [-0.05, 0) is 17.2 Å². The second-order valence-electron chi connectivity index (χ2n) is 5.98. The number of rotatable bonds is 8. The number of nitrogens with one attached hydrogen (secondary N) is 1. The molecule has 0 bridgehead atoms. The van der Waals surface area contributed by atoms with Crippen molar-refractivity contribution in [2.24, 2.45) is 0 Å². The Morgan fingerprint density at radius 2 is 1.48 bits per heavy atom. The van der Waals surface area contributed by atoms with Crippen molar-refractivity contribution in [3.63, 3.8) is 0 Å². The maximum Gasteiger partial charge on any atom is 0.407 e. The monoisotopic (exact) mass is 362 g/mol. The minimum absolute atomic E-state index is 0.258. The first-order valence-corrected chi connectivity index (χ1v) is 8.87. The van der Waals surface area contributed by atoms with E-state index < -0.39 is 6.09 Å². The minimum atomic E-state index is -0.435. The average molecular weight is 362 g/mol. The lowest BCUT2D eigenvalue weighted by Gasteiger charge is -2.09. The maximum absolute atomic E-state index is 11.8. The van der Waals surface area contributed by atoms with Crippen LogP contribution < -0.4 is 10.1 Å². The number of carbonyl (C=O) groups is 1. The molecule has 27 heavy (non-hydrogen) atoms. The highest BCUT2D eigenvalue weighted by Crippen LogP contribution is 2.11. The van der Waals surface area contributed by atoms with Gasteiger partial charge < -0.3 is 14.8 Å². The number of hydrogen-bond acceptors (Lipinski definition) is 4. The van der Waals surface area contributed by atoms with Crippen molar-refractivity contribution in [3.8, 4) is 5.88 Å². The van der Waals surface area contributed by atoms with Crippen LogP contribution in [-0.2, 0) is 24.4 Å². The van der Waals surface area contributed by atoms with E-state index in [-0.39, 0.29) is 6.61 Å². The van der Waals surface area contributed by atoms with Crippen molar-refractivity contribution in [1.29, 1.82) is 0 Å². The van der Waals surface area contributed by atoms with Gasteiger partial charge in [-0.15, -0.1) is 0 Å². The highest BCUT2D eigenvalue weighted by atomic mass is 16.5. The number of aromatic nitrogens is 1. The van der Waals surface area contributed by atoms with E-state index in [1.165, 1.54) is 0 Å². The van der Waals surface area contributed by atoms with Crippen LogP contribution in [0.15, 0.2) is 78.9 Å². The standard InChI is InChI=1S/C22H22N2O3/c25-22(27-17-19-10-5-2-6-11-19)23-15-14-20-12-7-13-21(24-20)26-16-18-8-3-1-4-9-18/h1-13H,14-17H2,(H,23,25). The molecule has 0 atom stereocenters. The van der Waals surface area contributed by atoms with Crippen LogP contribution in [0.25, 0.3) is 0 Å². The Morgan fingerprint density at radius 1 is 0.815 bits per heavy atom. The summed E-state index contributed by atoms with van der Waals surface area (Å²) in [6.45, 7) is 1.18.